The van der Waals surface area contributed by atoms with Crippen LogP contribution in [0.3, 0.4) is 0 Å². The summed E-state index contributed by atoms with van der Waals surface area (Å²) in [6.45, 7) is 8.42. The Morgan fingerprint density at radius 1 is 1.15 bits per heavy atom. The van der Waals surface area contributed by atoms with E-state index in [4.69, 9.17) is 5.11 Å². The number of carboxylic acid groups (broad SMARTS) is 1. The monoisotopic (exact) mass is 362 g/mol. The van der Waals surface area contributed by atoms with Crippen molar-refractivity contribution in [2.24, 2.45) is 0 Å². The van der Waals surface area contributed by atoms with Gasteiger partial charge in [-0.1, -0.05) is 0 Å². The molecule has 8 heteroatoms. The molecular formula is C18H26N4O4. The molecule has 26 heavy (non-hydrogen) atoms. The Bertz CT molecular complexity index is 682. The van der Waals surface area contributed by atoms with Crippen molar-refractivity contribution in [3.63, 3.8) is 0 Å². The van der Waals surface area contributed by atoms with Crippen LogP contribution in [-0.2, 0) is 9.59 Å². The highest BCUT2D eigenvalue weighted by Gasteiger charge is 2.22. The predicted molar refractivity (Wildman–Crippen MR) is 99.6 cm³/mol. The summed E-state index contributed by atoms with van der Waals surface area (Å²) in [5, 5.41) is 14.7. The number of aromatic carboxylic acids is 1. The van der Waals surface area contributed by atoms with Gasteiger partial charge in [-0.15, -0.1) is 0 Å². The van der Waals surface area contributed by atoms with Crippen LogP contribution in [0, 0.1) is 0 Å². The maximum Gasteiger partial charge on any atom is 0.335 e. The van der Waals surface area contributed by atoms with Gasteiger partial charge in [-0.25, -0.2) is 4.79 Å². The Labute approximate surface area is 153 Å². The first-order valence-electron chi connectivity index (χ1n) is 8.68. The molecule has 2 amide bonds. The molecule has 0 atom stereocenters. The Morgan fingerprint density at radius 3 is 2.35 bits per heavy atom. The molecule has 1 saturated heterocycles. The Kier molecular flexibility index (Phi) is 6.57. The lowest BCUT2D eigenvalue weighted by Gasteiger charge is -2.36. The average Bonchev–Trinajstić information content (AvgIpc) is 2.54. The summed E-state index contributed by atoms with van der Waals surface area (Å²) in [4.78, 5) is 38.7. The van der Waals surface area contributed by atoms with Crippen molar-refractivity contribution >= 4 is 29.2 Å². The minimum atomic E-state index is -1.04. The molecule has 0 unspecified atom stereocenters. The molecule has 2 rings (SSSR count). The molecule has 0 bridgehead atoms. The zero-order valence-corrected chi connectivity index (χ0v) is 15.4. The number of carbonyl (C=O) groups is 3. The van der Waals surface area contributed by atoms with Gasteiger partial charge in [0.05, 0.1) is 23.5 Å². The molecule has 1 aliphatic rings. The van der Waals surface area contributed by atoms with Crippen LogP contribution in [-0.4, -0.2) is 66.6 Å². The second kappa shape index (κ2) is 8.66. The van der Waals surface area contributed by atoms with E-state index < -0.39 is 5.97 Å². The van der Waals surface area contributed by atoms with E-state index in [0.29, 0.717) is 38.4 Å². The first-order chi connectivity index (χ1) is 12.3. The Hall–Kier alpha value is -2.61. The molecule has 1 aromatic rings. The summed E-state index contributed by atoms with van der Waals surface area (Å²) >= 11 is 0. The molecule has 1 aromatic carbocycles. The topological polar surface area (TPSA) is 102 Å². The molecule has 0 radical (unpaired) electrons. The average molecular weight is 362 g/mol. The molecule has 8 nitrogen and oxygen atoms in total. The van der Waals surface area contributed by atoms with Crippen molar-refractivity contribution in [2.45, 2.75) is 26.8 Å². The van der Waals surface area contributed by atoms with Gasteiger partial charge >= 0.3 is 5.97 Å². The maximum atomic E-state index is 11.9. The Morgan fingerprint density at radius 2 is 1.81 bits per heavy atom. The summed E-state index contributed by atoms with van der Waals surface area (Å²) in [7, 11) is 0. The zero-order chi connectivity index (χ0) is 19.3. The van der Waals surface area contributed by atoms with Crippen LogP contribution in [0.1, 0.15) is 31.1 Å². The van der Waals surface area contributed by atoms with Crippen molar-refractivity contribution in [3.8, 4) is 0 Å². The fourth-order valence-corrected chi connectivity index (χ4v) is 2.95. The van der Waals surface area contributed by atoms with E-state index >= 15 is 0 Å². The third-order valence-corrected chi connectivity index (χ3v) is 4.08. The van der Waals surface area contributed by atoms with E-state index in [9.17, 15) is 14.4 Å². The smallest absolute Gasteiger partial charge is 0.335 e. The number of amides is 2. The van der Waals surface area contributed by atoms with Gasteiger partial charge in [0.15, 0.2) is 0 Å². The minimum Gasteiger partial charge on any atom is -0.478 e. The van der Waals surface area contributed by atoms with Gasteiger partial charge in [-0.05, 0) is 32.0 Å². The number of benzene rings is 1. The third kappa shape index (κ3) is 5.45. The maximum absolute atomic E-state index is 11.9. The lowest BCUT2D eigenvalue weighted by molar-refractivity contribution is -0.122. The van der Waals surface area contributed by atoms with Crippen LogP contribution in [0.25, 0.3) is 0 Å². The lowest BCUT2D eigenvalue weighted by Crippen LogP contribution is -2.50. The van der Waals surface area contributed by atoms with Gasteiger partial charge in [0.1, 0.15) is 0 Å². The number of carbonyl (C=O) groups excluding carboxylic acids is 2. The van der Waals surface area contributed by atoms with Crippen LogP contribution < -0.4 is 15.5 Å². The second-order valence-electron chi connectivity index (χ2n) is 6.70. The SMILES string of the molecule is CC(=O)Nc1cc(C(=O)O)ccc1N1CCN(CC(=O)NC(C)C)CC1. The van der Waals surface area contributed by atoms with Gasteiger partial charge in [0, 0.05) is 39.1 Å². The first kappa shape index (κ1) is 19.7. The fourth-order valence-electron chi connectivity index (χ4n) is 2.95. The summed E-state index contributed by atoms with van der Waals surface area (Å²) in [5.41, 5.74) is 1.40. The summed E-state index contributed by atoms with van der Waals surface area (Å²) in [6.07, 6.45) is 0. The van der Waals surface area contributed by atoms with Gasteiger partial charge in [-0.3, -0.25) is 14.5 Å². The highest BCUT2D eigenvalue weighted by molar-refractivity contribution is 5.96. The summed E-state index contributed by atoms with van der Waals surface area (Å²) in [5.74, 6) is -1.28. The molecule has 142 valence electrons. The summed E-state index contributed by atoms with van der Waals surface area (Å²) < 4.78 is 0. The highest BCUT2D eigenvalue weighted by Crippen LogP contribution is 2.28. The first-order valence-corrected chi connectivity index (χ1v) is 8.68. The van der Waals surface area contributed by atoms with Gasteiger partial charge < -0.3 is 20.6 Å². The molecule has 3 N–H and O–H groups in total. The van der Waals surface area contributed by atoms with Crippen LogP contribution in [0.2, 0.25) is 0 Å². The number of nitrogens with zero attached hydrogens (tertiary/aromatic N) is 2. The Balaban J connectivity index is 2.05. The van der Waals surface area contributed by atoms with E-state index in [2.05, 4.69) is 20.4 Å². The van der Waals surface area contributed by atoms with Crippen molar-refractivity contribution < 1.29 is 19.5 Å². The minimum absolute atomic E-state index is 0.0122. The highest BCUT2D eigenvalue weighted by atomic mass is 16.4. The quantitative estimate of drug-likeness (QED) is 0.698. The number of anilines is 2. The van der Waals surface area contributed by atoms with E-state index in [1.165, 1.54) is 19.1 Å². The molecular weight excluding hydrogens is 336 g/mol. The number of nitrogens with one attached hydrogen (secondary N) is 2. The van der Waals surface area contributed by atoms with Crippen molar-refractivity contribution in [2.75, 3.05) is 42.9 Å². The molecule has 0 aliphatic carbocycles. The number of hydrogen-bond acceptors (Lipinski definition) is 5. The molecule has 0 saturated carbocycles. The zero-order valence-electron chi connectivity index (χ0n) is 15.4. The third-order valence-electron chi connectivity index (χ3n) is 4.08. The predicted octanol–water partition coefficient (Wildman–Crippen LogP) is 0.990. The fraction of sp³-hybridized carbons (Fsp3) is 0.500. The lowest BCUT2D eigenvalue weighted by atomic mass is 10.1. The van der Waals surface area contributed by atoms with Gasteiger partial charge in [0.2, 0.25) is 11.8 Å². The number of carboxylic acids is 1. The van der Waals surface area contributed by atoms with Crippen LogP contribution in [0.4, 0.5) is 11.4 Å². The molecule has 1 aliphatic heterocycles. The van der Waals surface area contributed by atoms with Crippen LogP contribution in [0.5, 0.6) is 0 Å². The van der Waals surface area contributed by atoms with Crippen molar-refractivity contribution in [3.05, 3.63) is 23.8 Å². The second-order valence-corrected chi connectivity index (χ2v) is 6.70. The van der Waals surface area contributed by atoms with Gasteiger partial charge in [-0.2, -0.15) is 0 Å². The number of rotatable bonds is 6. The largest absolute Gasteiger partial charge is 0.478 e. The van der Waals surface area contributed by atoms with E-state index in [0.717, 1.165) is 5.69 Å². The number of hydrogen-bond donors (Lipinski definition) is 3. The standard InChI is InChI=1S/C18H26N4O4/c1-12(2)19-17(24)11-21-6-8-22(9-7-21)16-5-4-14(18(25)26)10-15(16)20-13(3)23/h4-5,10,12H,6-9,11H2,1-3H3,(H,19,24)(H,20,23)(H,25,26). The molecule has 1 fully saturated rings. The van der Waals surface area contributed by atoms with E-state index in [1.807, 2.05) is 13.8 Å². The van der Waals surface area contributed by atoms with E-state index in [1.54, 1.807) is 6.07 Å². The molecule has 1 heterocycles. The van der Waals surface area contributed by atoms with Crippen molar-refractivity contribution in [1.82, 2.24) is 10.2 Å². The van der Waals surface area contributed by atoms with Crippen LogP contribution in [0.15, 0.2) is 18.2 Å². The summed E-state index contributed by atoms with van der Waals surface area (Å²) in [6, 6.07) is 4.85. The molecule has 0 spiro atoms. The van der Waals surface area contributed by atoms with Crippen molar-refractivity contribution in [1.29, 1.82) is 0 Å². The molecule has 0 aromatic heterocycles. The number of piperazine rings is 1. The van der Waals surface area contributed by atoms with Gasteiger partial charge in [0.25, 0.3) is 0 Å². The van der Waals surface area contributed by atoms with E-state index in [-0.39, 0.29) is 23.4 Å². The normalized spacial score (nSPS) is 15.0. The van der Waals surface area contributed by atoms with Crippen LogP contribution >= 0.6 is 0 Å².